The Morgan fingerprint density at radius 3 is 1.57 bits per heavy atom. The first kappa shape index (κ1) is 31.5. The van der Waals surface area contributed by atoms with Gasteiger partial charge in [0.05, 0.1) is 6.61 Å². The van der Waals surface area contributed by atoms with Gasteiger partial charge in [-0.05, 0) is 41.8 Å². The van der Waals surface area contributed by atoms with Crippen molar-refractivity contribution in [2.75, 3.05) is 6.61 Å². The SMILES string of the molecule is NC(=O)CCC(NC(=O)C(Cc1ccc(O)cc1)NC(=O)C(N)CO)C(=O)NC(Cc1ccc(O)cc1)C(=O)O. The second kappa shape index (κ2) is 15.0. The van der Waals surface area contributed by atoms with Gasteiger partial charge in [-0.2, -0.15) is 0 Å². The van der Waals surface area contributed by atoms with E-state index in [1.807, 2.05) is 0 Å². The number of primary amides is 1. The third-order valence-electron chi connectivity index (χ3n) is 5.85. The number of aliphatic hydroxyl groups excluding tert-OH is 1. The predicted octanol–water partition coefficient (Wildman–Crippen LogP) is -1.99. The summed E-state index contributed by atoms with van der Waals surface area (Å²) < 4.78 is 0. The van der Waals surface area contributed by atoms with Crippen LogP contribution in [-0.4, -0.2) is 80.8 Å². The number of nitrogens with one attached hydrogen (secondary N) is 3. The number of phenols is 2. The number of carbonyl (C=O) groups is 5. The molecule has 14 nitrogen and oxygen atoms in total. The molecule has 0 heterocycles. The van der Waals surface area contributed by atoms with Crippen molar-refractivity contribution >= 4 is 29.6 Å². The smallest absolute Gasteiger partial charge is 0.326 e. The molecule has 4 atom stereocenters. The summed E-state index contributed by atoms with van der Waals surface area (Å²) in [7, 11) is 0. The van der Waals surface area contributed by atoms with E-state index < -0.39 is 60.4 Å². The number of aliphatic hydroxyl groups is 1. The minimum absolute atomic E-state index is 0.0252. The fourth-order valence-electron chi connectivity index (χ4n) is 3.61. The van der Waals surface area contributed by atoms with Gasteiger partial charge in [0.1, 0.15) is 35.7 Å². The van der Waals surface area contributed by atoms with Crippen LogP contribution in [0.5, 0.6) is 11.5 Å². The Kier molecular flexibility index (Phi) is 11.9. The molecule has 0 saturated heterocycles. The Labute approximate surface area is 229 Å². The maximum Gasteiger partial charge on any atom is 0.326 e. The number of carboxylic acid groups (broad SMARTS) is 1. The number of hydrogen-bond donors (Lipinski definition) is 9. The Morgan fingerprint density at radius 1 is 0.700 bits per heavy atom. The van der Waals surface area contributed by atoms with Crippen molar-refractivity contribution in [1.29, 1.82) is 0 Å². The van der Waals surface area contributed by atoms with Crippen molar-refractivity contribution in [2.45, 2.75) is 49.9 Å². The number of aromatic hydroxyl groups is 2. The maximum absolute atomic E-state index is 13.2. The monoisotopic (exact) mass is 559 g/mol. The van der Waals surface area contributed by atoms with Crippen LogP contribution in [0, 0.1) is 0 Å². The van der Waals surface area contributed by atoms with E-state index in [4.69, 9.17) is 11.5 Å². The van der Waals surface area contributed by atoms with Crippen molar-refractivity contribution in [1.82, 2.24) is 16.0 Å². The highest BCUT2D eigenvalue weighted by molar-refractivity contribution is 5.94. The second-order valence-electron chi connectivity index (χ2n) is 9.06. The third-order valence-corrected chi connectivity index (χ3v) is 5.85. The lowest BCUT2D eigenvalue weighted by molar-refractivity contribution is -0.142. The van der Waals surface area contributed by atoms with E-state index in [1.165, 1.54) is 48.5 Å². The summed E-state index contributed by atoms with van der Waals surface area (Å²) in [6.07, 6.45) is -0.831. The van der Waals surface area contributed by atoms with Gasteiger partial charge in [0.2, 0.25) is 23.6 Å². The van der Waals surface area contributed by atoms with Crippen LogP contribution in [0.1, 0.15) is 24.0 Å². The predicted molar refractivity (Wildman–Crippen MR) is 141 cm³/mol. The Morgan fingerprint density at radius 2 is 1.12 bits per heavy atom. The summed E-state index contributed by atoms with van der Waals surface area (Å²) >= 11 is 0. The van der Waals surface area contributed by atoms with Crippen molar-refractivity contribution in [3.8, 4) is 11.5 Å². The van der Waals surface area contributed by atoms with Crippen molar-refractivity contribution in [2.24, 2.45) is 11.5 Å². The molecule has 40 heavy (non-hydrogen) atoms. The molecule has 14 heteroatoms. The van der Waals surface area contributed by atoms with Gasteiger partial charge in [0.25, 0.3) is 0 Å². The van der Waals surface area contributed by atoms with E-state index in [9.17, 15) is 44.4 Å². The number of carboxylic acids is 1. The fourth-order valence-corrected chi connectivity index (χ4v) is 3.61. The largest absolute Gasteiger partial charge is 0.508 e. The van der Waals surface area contributed by atoms with E-state index in [1.54, 1.807) is 0 Å². The zero-order valence-electron chi connectivity index (χ0n) is 21.4. The molecule has 0 fully saturated rings. The Bertz CT molecular complexity index is 1190. The van der Waals surface area contributed by atoms with Gasteiger partial charge in [-0.3, -0.25) is 19.2 Å². The molecule has 0 aliphatic carbocycles. The van der Waals surface area contributed by atoms with Crippen LogP contribution in [0.25, 0.3) is 0 Å². The number of aliphatic carboxylic acids is 1. The zero-order valence-corrected chi connectivity index (χ0v) is 21.4. The summed E-state index contributed by atoms with van der Waals surface area (Å²) in [6, 6.07) is 5.98. The summed E-state index contributed by atoms with van der Waals surface area (Å²) in [5.41, 5.74) is 11.8. The van der Waals surface area contributed by atoms with E-state index in [2.05, 4.69) is 16.0 Å². The fraction of sp³-hybridized carbons (Fsp3) is 0.346. The lowest BCUT2D eigenvalue weighted by Crippen LogP contribution is -2.58. The average molecular weight is 560 g/mol. The normalized spacial score (nSPS) is 13.8. The lowest BCUT2D eigenvalue weighted by Gasteiger charge is -2.25. The van der Waals surface area contributed by atoms with Crippen LogP contribution in [0.4, 0.5) is 0 Å². The van der Waals surface area contributed by atoms with Gasteiger partial charge in [0.15, 0.2) is 0 Å². The molecule has 2 aromatic carbocycles. The van der Waals surface area contributed by atoms with Crippen molar-refractivity contribution in [3.63, 3.8) is 0 Å². The van der Waals surface area contributed by atoms with Gasteiger partial charge in [-0.15, -0.1) is 0 Å². The maximum atomic E-state index is 13.2. The molecule has 2 aromatic rings. The summed E-state index contributed by atoms with van der Waals surface area (Å²) in [5, 5.41) is 45.0. The first-order valence-electron chi connectivity index (χ1n) is 12.2. The molecule has 0 spiro atoms. The van der Waals surface area contributed by atoms with Crippen LogP contribution in [0.2, 0.25) is 0 Å². The molecule has 11 N–H and O–H groups in total. The lowest BCUT2D eigenvalue weighted by atomic mass is 10.0. The van der Waals surface area contributed by atoms with Gasteiger partial charge in [-0.25, -0.2) is 4.79 Å². The van der Waals surface area contributed by atoms with Gasteiger partial charge >= 0.3 is 5.97 Å². The molecule has 0 radical (unpaired) electrons. The molecule has 0 aliphatic heterocycles. The minimum atomic E-state index is -1.42. The average Bonchev–Trinajstić information content (AvgIpc) is 2.91. The van der Waals surface area contributed by atoms with Crippen LogP contribution >= 0.6 is 0 Å². The number of nitrogens with two attached hydrogens (primary N) is 2. The van der Waals surface area contributed by atoms with E-state index in [0.717, 1.165) is 0 Å². The van der Waals surface area contributed by atoms with Crippen molar-refractivity contribution in [3.05, 3.63) is 59.7 Å². The number of carbonyl (C=O) groups excluding carboxylic acids is 4. The highest BCUT2D eigenvalue weighted by Crippen LogP contribution is 2.13. The van der Waals surface area contributed by atoms with Crippen molar-refractivity contribution < 1.29 is 44.4 Å². The third kappa shape index (κ3) is 10.2. The Balaban J connectivity index is 2.24. The summed E-state index contributed by atoms with van der Waals surface area (Å²) in [5.74, 6) is -4.81. The molecule has 0 bridgehead atoms. The standard InChI is InChI=1S/C26H33N5O9/c27-18(13-32)23(36)30-20(11-14-1-5-16(33)6-2-14)25(38)29-19(9-10-22(28)35)24(37)31-21(26(39)40)12-15-3-7-17(34)8-4-15/h1-8,18-21,32-34H,9-13,27H2,(H2,28,35)(H,29,38)(H,30,36)(H,31,37)(H,39,40). The van der Waals surface area contributed by atoms with Gasteiger partial charge in [0, 0.05) is 19.3 Å². The number of benzene rings is 2. The molecular formula is C26H33N5O9. The van der Waals surface area contributed by atoms with Crippen LogP contribution in [0.15, 0.2) is 48.5 Å². The molecule has 4 amide bonds. The number of amides is 4. The second-order valence-corrected chi connectivity index (χ2v) is 9.06. The number of rotatable bonds is 15. The Hall–Kier alpha value is -4.69. The van der Waals surface area contributed by atoms with E-state index >= 15 is 0 Å². The van der Waals surface area contributed by atoms with E-state index in [-0.39, 0.29) is 37.2 Å². The van der Waals surface area contributed by atoms with Crippen LogP contribution in [0.3, 0.4) is 0 Å². The quantitative estimate of drug-likeness (QED) is 0.116. The molecule has 2 rings (SSSR count). The highest BCUT2D eigenvalue weighted by atomic mass is 16.4. The first-order valence-corrected chi connectivity index (χ1v) is 12.2. The molecule has 216 valence electrons. The van der Waals surface area contributed by atoms with Crippen LogP contribution in [-0.2, 0) is 36.8 Å². The molecular weight excluding hydrogens is 526 g/mol. The molecule has 0 saturated carbocycles. The number of phenolic OH excluding ortho intramolecular Hbond substituents is 2. The zero-order chi connectivity index (χ0) is 29.8. The molecule has 0 aromatic heterocycles. The highest BCUT2D eigenvalue weighted by Gasteiger charge is 2.31. The summed E-state index contributed by atoms with van der Waals surface area (Å²) in [6.45, 7) is -0.694. The first-order chi connectivity index (χ1) is 18.9. The van der Waals surface area contributed by atoms with Crippen LogP contribution < -0.4 is 27.4 Å². The van der Waals surface area contributed by atoms with Gasteiger partial charge < -0.3 is 47.8 Å². The molecule has 0 aliphatic rings. The number of hydrogen-bond acceptors (Lipinski definition) is 9. The topological polar surface area (TPSA) is 254 Å². The summed E-state index contributed by atoms with van der Waals surface area (Å²) in [4.78, 5) is 61.9. The molecule has 4 unspecified atom stereocenters. The minimum Gasteiger partial charge on any atom is -0.508 e. The van der Waals surface area contributed by atoms with Gasteiger partial charge in [-0.1, -0.05) is 24.3 Å². The van der Waals surface area contributed by atoms with E-state index in [0.29, 0.717) is 11.1 Å².